The number of anilines is 1. The Morgan fingerprint density at radius 1 is 1.00 bits per heavy atom. The molecule has 3 amide bonds. The molecule has 0 spiro atoms. The van der Waals surface area contributed by atoms with Crippen LogP contribution in [0.25, 0.3) is 0 Å². The van der Waals surface area contributed by atoms with Crippen molar-refractivity contribution in [2.24, 2.45) is 0 Å². The van der Waals surface area contributed by atoms with Crippen LogP contribution in [0.3, 0.4) is 0 Å². The highest BCUT2D eigenvalue weighted by atomic mass is 19.2. The van der Waals surface area contributed by atoms with Gasteiger partial charge in [0.1, 0.15) is 6.54 Å². The molecule has 0 unspecified atom stereocenters. The van der Waals surface area contributed by atoms with Gasteiger partial charge in [-0.15, -0.1) is 0 Å². The van der Waals surface area contributed by atoms with Gasteiger partial charge >= 0.3 is 0 Å². The first kappa shape index (κ1) is 15.8. The van der Waals surface area contributed by atoms with E-state index in [0.29, 0.717) is 0 Å². The summed E-state index contributed by atoms with van der Waals surface area (Å²) in [7, 11) is 0. The van der Waals surface area contributed by atoms with Gasteiger partial charge in [-0.3, -0.25) is 19.3 Å². The lowest BCUT2D eigenvalue weighted by Crippen LogP contribution is -2.37. The van der Waals surface area contributed by atoms with Crippen molar-refractivity contribution in [3.8, 4) is 0 Å². The number of hydrogen-bond acceptors (Lipinski definition) is 3. The van der Waals surface area contributed by atoms with Gasteiger partial charge in [0.15, 0.2) is 11.6 Å². The highest BCUT2D eigenvalue weighted by Gasteiger charge is 2.36. The van der Waals surface area contributed by atoms with Crippen molar-refractivity contribution in [3.05, 3.63) is 64.7 Å². The topological polar surface area (TPSA) is 66.5 Å². The van der Waals surface area contributed by atoms with Crippen LogP contribution in [0.4, 0.5) is 14.5 Å². The van der Waals surface area contributed by atoms with Gasteiger partial charge in [0.05, 0.1) is 11.1 Å². The summed E-state index contributed by atoms with van der Waals surface area (Å²) >= 11 is 0. The fourth-order valence-corrected chi connectivity index (χ4v) is 2.47. The summed E-state index contributed by atoms with van der Waals surface area (Å²) in [5.74, 6) is -3.95. The molecule has 0 fully saturated rings. The lowest BCUT2D eigenvalue weighted by molar-refractivity contribution is -0.116. The molecule has 5 nitrogen and oxygen atoms in total. The molecule has 122 valence electrons. The number of carbonyl (C=O) groups excluding carboxylic acids is 3. The van der Waals surface area contributed by atoms with Gasteiger partial charge in [0.25, 0.3) is 11.8 Å². The Labute approximate surface area is 135 Å². The van der Waals surface area contributed by atoms with Gasteiger partial charge in [0.2, 0.25) is 5.91 Å². The standard InChI is InChI=1S/C17H12F2N2O3/c1-9-2-4-11-12(6-9)17(24)21(16(11)23)8-15(22)20-10-3-5-13(18)14(19)7-10/h2-7H,8H2,1H3,(H,20,22). The number of nitrogens with zero attached hydrogens (tertiary/aromatic N) is 1. The fourth-order valence-electron chi connectivity index (χ4n) is 2.47. The number of imide groups is 1. The second kappa shape index (κ2) is 5.84. The minimum Gasteiger partial charge on any atom is -0.324 e. The number of carbonyl (C=O) groups is 3. The molecular formula is C17H12F2N2O3. The van der Waals surface area contributed by atoms with Crippen LogP contribution >= 0.6 is 0 Å². The number of rotatable bonds is 3. The second-order valence-electron chi connectivity index (χ2n) is 5.42. The molecule has 1 heterocycles. The van der Waals surface area contributed by atoms with E-state index >= 15 is 0 Å². The Morgan fingerprint density at radius 3 is 2.42 bits per heavy atom. The number of nitrogens with one attached hydrogen (secondary N) is 1. The maximum absolute atomic E-state index is 13.1. The summed E-state index contributed by atoms with van der Waals surface area (Å²) in [5.41, 5.74) is 1.35. The van der Waals surface area contributed by atoms with Crippen LogP contribution in [0.1, 0.15) is 26.3 Å². The third kappa shape index (κ3) is 2.76. The molecule has 0 aromatic heterocycles. The van der Waals surface area contributed by atoms with Crippen LogP contribution in [-0.4, -0.2) is 29.2 Å². The van der Waals surface area contributed by atoms with Crippen LogP contribution in [0.2, 0.25) is 0 Å². The summed E-state index contributed by atoms with van der Waals surface area (Å²) in [6, 6.07) is 7.70. The summed E-state index contributed by atoms with van der Waals surface area (Å²) < 4.78 is 26.0. The molecule has 0 saturated heterocycles. The van der Waals surface area contributed by atoms with Crippen LogP contribution < -0.4 is 5.32 Å². The van der Waals surface area contributed by atoms with Crippen molar-refractivity contribution in [2.45, 2.75) is 6.92 Å². The third-order valence-electron chi connectivity index (χ3n) is 3.63. The Morgan fingerprint density at radius 2 is 1.71 bits per heavy atom. The third-order valence-corrected chi connectivity index (χ3v) is 3.63. The average Bonchev–Trinajstić information content (AvgIpc) is 2.75. The average molecular weight is 330 g/mol. The molecule has 1 aliphatic heterocycles. The van der Waals surface area contributed by atoms with Crippen LogP contribution in [0.5, 0.6) is 0 Å². The van der Waals surface area contributed by atoms with Gasteiger partial charge < -0.3 is 5.32 Å². The zero-order valence-electron chi connectivity index (χ0n) is 12.6. The molecule has 1 aliphatic rings. The molecule has 24 heavy (non-hydrogen) atoms. The van der Waals surface area contributed by atoms with Gasteiger partial charge in [-0.2, -0.15) is 0 Å². The maximum Gasteiger partial charge on any atom is 0.262 e. The first-order valence-corrected chi connectivity index (χ1v) is 7.08. The normalized spacial score (nSPS) is 13.2. The highest BCUT2D eigenvalue weighted by molar-refractivity contribution is 6.22. The molecule has 1 N–H and O–H groups in total. The molecule has 0 atom stereocenters. The van der Waals surface area contributed by atoms with E-state index in [1.54, 1.807) is 19.1 Å². The van der Waals surface area contributed by atoms with Crippen LogP contribution in [-0.2, 0) is 4.79 Å². The monoisotopic (exact) mass is 330 g/mol. The number of amides is 3. The quantitative estimate of drug-likeness (QED) is 0.880. The van der Waals surface area contributed by atoms with E-state index in [9.17, 15) is 23.2 Å². The summed E-state index contributed by atoms with van der Waals surface area (Å²) in [6.45, 7) is 1.28. The zero-order chi connectivity index (χ0) is 17.4. The minimum atomic E-state index is -1.11. The molecule has 7 heteroatoms. The van der Waals surface area contributed by atoms with E-state index < -0.39 is 35.9 Å². The molecule has 0 saturated carbocycles. The van der Waals surface area contributed by atoms with E-state index in [1.165, 1.54) is 12.1 Å². The van der Waals surface area contributed by atoms with E-state index in [-0.39, 0.29) is 16.8 Å². The van der Waals surface area contributed by atoms with Crippen LogP contribution in [0.15, 0.2) is 36.4 Å². The fraction of sp³-hybridized carbons (Fsp3) is 0.118. The first-order chi connectivity index (χ1) is 11.4. The van der Waals surface area contributed by atoms with Crippen molar-refractivity contribution in [1.29, 1.82) is 0 Å². The van der Waals surface area contributed by atoms with Gasteiger partial charge in [0, 0.05) is 11.8 Å². The molecular weight excluding hydrogens is 318 g/mol. The molecule has 0 aliphatic carbocycles. The van der Waals surface area contributed by atoms with Crippen molar-refractivity contribution >= 4 is 23.4 Å². The second-order valence-corrected chi connectivity index (χ2v) is 5.42. The summed E-state index contributed by atoms with van der Waals surface area (Å²) in [6.07, 6.45) is 0. The molecule has 0 radical (unpaired) electrons. The van der Waals surface area contributed by atoms with E-state index in [0.717, 1.165) is 22.6 Å². The largest absolute Gasteiger partial charge is 0.324 e. The smallest absolute Gasteiger partial charge is 0.262 e. The lowest BCUT2D eigenvalue weighted by Gasteiger charge is -2.13. The SMILES string of the molecule is Cc1ccc2c(c1)C(=O)N(CC(=O)Nc1ccc(F)c(F)c1)C2=O. The van der Waals surface area contributed by atoms with Crippen molar-refractivity contribution in [1.82, 2.24) is 4.90 Å². The maximum atomic E-state index is 13.1. The van der Waals surface area contributed by atoms with E-state index in [2.05, 4.69) is 5.32 Å². The van der Waals surface area contributed by atoms with Crippen molar-refractivity contribution in [3.63, 3.8) is 0 Å². The molecule has 2 aromatic rings. The Kier molecular flexibility index (Phi) is 3.84. The van der Waals surface area contributed by atoms with Gasteiger partial charge in [-0.25, -0.2) is 8.78 Å². The molecule has 0 bridgehead atoms. The van der Waals surface area contributed by atoms with Crippen molar-refractivity contribution < 1.29 is 23.2 Å². The predicted molar refractivity (Wildman–Crippen MR) is 81.5 cm³/mol. The lowest BCUT2D eigenvalue weighted by atomic mass is 10.1. The Balaban J connectivity index is 1.74. The number of aryl methyl sites for hydroxylation is 1. The predicted octanol–water partition coefficient (Wildman–Crippen LogP) is 2.51. The number of halogens is 2. The zero-order valence-corrected chi connectivity index (χ0v) is 12.6. The van der Waals surface area contributed by atoms with E-state index in [4.69, 9.17) is 0 Å². The number of benzene rings is 2. The summed E-state index contributed by atoms with van der Waals surface area (Å²) in [4.78, 5) is 37.3. The number of hydrogen-bond donors (Lipinski definition) is 1. The minimum absolute atomic E-state index is 0.0337. The summed E-state index contributed by atoms with van der Waals surface area (Å²) in [5, 5.41) is 2.32. The van der Waals surface area contributed by atoms with Crippen LogP contribution in [0, 0.1) is 18.6 Å². The van der Waals surface area contributed by atoms with Gasteiger partial charge in [-0.05, 0) is 31.2 Å². The molecule has 2 aromatic carbocycles. The first-order valence-electron chi connectivity index (χ1n) is 7.08. The Hall–Kier alpha value is -3.09. The number of fused-ring (bicyclic) bond motifs is 1. The highest BCUT2D eigenvalue weighted by Crippen LogP contribution is 2.23. The van der Waals surface area contributed by atoms with Crippen molar-refractivity contribution in [2.75, 3.05) is 11.9 Å². The molecule has 3 rings (SSSR count). The van der Waals surface area contributed by atoms with E-state index in [1.807, 2.05) is 0 Å². The Bertz CT molecular complexity index is 880. The van der Waals surface area contributed by atoms with Gasteiger partial charge in [-0.1, -0.05) is 11.6 Å².